The largest absolute Gasteiger partial charge is 0.386 e. The van der Waals surface area contributed by atoms with Crippen molar-refractivity contribution >= 4 is 27.0 Å². The molecular formula is C16H19FN4O2S2. The number of hydrogen-bond acceptors (Lipinski definition) is 7. The highest BCUT2D eigenvalue weighted by Gasteiger charge is 2.47. The zero-order valence-electron chi connectivity index (χ0n) is 14.2. The minimum absolute atomic E-state index is 0.111. The lowest BCUT2D eigenvalue weighted by Crippen LogP contribution is -2.52. The van der Waals surface area contributed by atoms with Gasteiger partial charge in [0.25, 0.3) is 0 Å². The van der Waals surface area contributed by atoms with Gasteiger partial charge in [-0.15, -0.1) is 11.3 Å². The molecule has 1 aliphatic heterocycles. The third-order valence-electron chi connectivity index (χ3n) is 4.77. The molecule has 0 aliphatic carbocycles. The molecule has 25 heavy (non-hydrogen) atoms. The van der Waals surface area contributed by atoms with Gasteiger partial charge >= 0.3 is 0 Å². The highest BCUT2D eigenvalue weighted by molar-refractivity contribution is 7.92. The van der Waals surface area contributed by atoms with Crippen molar-refractivity contribution < 1.29 is 12.8 Å². The van der Waals surface area contributed by atoms with Crippen LogP contribution in [0, 0.1) is 5.82 Å². The minimum Gasteiger partial charge on any atom is -0.386 e. The van der Waals surface area contributed by atoms with Gasteiger partial charge in [0.2, 0.25) is 0 Å². The molecule has 2 aromatic heterocycles. The van der Waals surface area contributed by atoms with E-state index >= 15 is 0 Å². The molecule has 3 rings (SSSR count). The first-order chi connectivity index (χ1) is 11.6. The van der Waals surface area contributed by atoms with E-state index in [0.29, 0.717) is 24.2 Å². The number of halogens is 1. The van der Waals surface area contributed by atoms with E-state index in [1.165, 1.54) is 23.7 Å². The van der Waals surface area contributed by atoms with E-state index in [4.69, 9.17) is 5.73 Å². The summed E-state index contributed by atoms with van der Waals surface area (Å²) in [7, 11) is -3.37. The molecular weight excluding hydrogens is 363 g/mol. The van der Waals surface area contributed by atoms with Crippen molar-refractivity contribution in [1.82, 2.24) is 9.97 Å². The molecule has 0 saturated heterocycles. The van der Waals surface area contributed by atoms with Gasteiger partial charge in [-0.05, 0) is 38.8 Å². The normalized spacial score (nSPS) is 27.1. The van der Waals surface area contributed by atoms with Crippen molar-refractivity contribution in [2.45, 2.75) is 37.0 Å². The Balaban J connectivity index is 1.96. The molecule has 2 atom stereocenters. The molecule has 0 bridgehead atoms. The number of pyridine rings is 1. The van der Waals surface area contributed by atoms with Crippen molar-refractivity contribution in [3.63, 3.8) is 0 Å². The van der Waals surface area contributed by atoms with Crippen LogP contribution in [0.25, 0.3) is 11.4 Å². The SMILES string of the molecule is C[C@@]1(c2nc(-c3ccc(F)cn3)cs2)CC[C@@](C)(S(C)(=O)=O)C(N)=N1. The van der Waals surface area contributed by atoms with E-state index in [1.807, 2.05) is 12.3 Å². The summed E-state index contributed by atoms with van der Waals surface area (Å²) in [4.78, 5) is 13.1. The molecule has 0 aromatic carbocycles. The number of nitrogens with zero attached hydrogens (tertiary/aromatic N) is 3. The summed E-state index contributed by atoms with van der Waals surface area (Å²) in [6, 6.07) is 2.90. The quantitative estimate of drug-likeness (QED) is 0.879. The van der Waals surface area contributed by atoms with Crippen LogP contribution in [-0.4, -0.2) is 35.2 Å². The summed E-state index contributed by atoms with van der Waals surface area (Å²) < 4.78 is 36.0. The topological polar surface area (TPSA) is 98.3 Å². The number of amidine groups is 1. The van der Waals surface area contributed by atoms with Crippen LogP contribution in [0.4, 0.5) is 4.39 Å². The molecule has 3 heterocycles. The van der Waals surface area contributed by atoms with Crippen LogP contribution < -0.4 is 5.73 Å². The molecule has 0 amide bonds. The summed E-state index contributed by atoms with van der Waals surface area (Å²) in [5, 5.41) is 2.56. The molecule has 0 fully saturated rings. The number of thiazole rings is 1. The fraction of sp³-hybridized carbons (Fsp3) is 0.438. The van der Waals surface area contributed by atoms with Crippen molar-refractivity contribution in [2.24, 2.45) is 10.7 Å². The summed E-state index contributed by atoms with van der Waals surface area (Å²) in [5.41, 5.74) is 6.56. The summed E-state index contributed by atoms with van der Waals surface area (Å²) >= 11 is 1.41. The third kappa shape index (κ3) is 3.06. The van der Waals surface area contributed by atoms with Crippen LogP contribution in [0.2, 0.25) is 0 Å². The Morgan fingerprint density at radius 3 is 2.52 bits per heavy atom. The van der Waals surface area contributed by atoms with Crippen molar-refractivity contribution in [3.05, 3.63) is 34.5 Å². The van der Waals surface area contributed by atoms with Crippen molar-refractivity contribution in [1.29, 1.82) is 0 Å². The van der Waals surface area contributed by atoms with Gasteiger partial charge in [-0.25, -0.2) is 17.8 Å². The van der Waals surface area contributed by atoms with Crippen molar-refractivity contribution in [2.75, 3.05) is 6.26 Å². The smallest absolute Gasteiger partial charge is 0.160 e. The second kappa shape index (κ2) is 5.84. The van der Waals surface area contributed by atoms with Crippen LogP contribution in [0.15, 0.2) is 28.7 Å². The minimum atomic E-state index is -3.37. The molecule has 9 heteroatoms. The number of hydrogen-bond donors (Lipinski definition) is 1. The number of aromatic nitrogens is 2. The Morgan fingerprint density at radius 1 is 1.24 bits per heavy atom. The fourth-order valence-electron chi connectivity index (χ4n) is 2.75. The monoisotopic (exact) mass is 382 g/mol. The Labute approximate surface area is 150 Å². The number of nitrogens with two attached hydrogens (primary N) is 1. The summed E-state index contributed by atoms with van der Waals surface area (Å²) in [6.45, 7) is 3.50. The maximum Gasteiger partial charge on any atom is 0.160 e. The lowest BCUT2D eigenvalue weighted by atomic mass is 9.87. The zero-order chi connectivity index (χ0) is 18.5. The van der Waals surface area contributed by atoms with Gasteiger partial charge in [-0.3, -0.25) is 9.98 Å². The Bertz CT molecular complexity index is 939. The van der Waals surface area contributed by atoms with Crippen LogP contribution in [0.5, 0.6) is 0 Å². The van der Waals surface area contributed by atoms with Crippen LogP contribution in [-0.2, 0) is 15.4 Å². The maximum atomic E-state index is 13.0. The van der Waals surface area contributed by atoms with Crippen LogP contribution in [0.3, 0.4) is 0 Å². The van der Waals surface area contributed by atoms with E-state index < -0.39 is 25.9 Å². The number of sulfone groups is 1. The van der Waals surface area contributed by atoms with Gasteiger partial charge in [0.15, 0.2) is 9.84 Å². The first kappa shape index (κ1) is 17.9. The van der Waals surface area contributed by atoms with Crippen LogP contribution in [0.1, 0.15) is 31.7 Å². The van der Waals surface area contributed by atoms with Gasteiger partial charge in [-0.1, -0.05) is 0 Å². The predicted octanol–water partition coefficient (Wildman–Crippen LogP) is 2.51. The summed E-state index contributed by atoms with van der Waals surface area (Å²) in [6.07, 6.45) is 3.21. The Hall–Kier alpha value is -1.87. The van der Waals surface area contributed by atoms with E-state index in [0.717, 1.165) is 11.2 Å². The molecule has 0 spiro atoms. The molecule has 134 valence electrons. The van der Waals surface area contributed by atoms with E-state index in [9.17, 15) is 12.8 Å². The highest BCUT2D eigenvalue weighted by Crippen LogP contribution is 2.41. The van der Waals surface area contributed by atoms with E-state index in [-0.39, 0.29) is 5.84 Å². The molecule has 0 unspecified atom stereocenters. The zero-order valence-corrected chi connectivity index (χ0v) is 15.8. The van der Waals surface area contributed by atoms with Gasteiger partial charge in [0, 0.05) is 11.6 Å². The van der Waals surface area contributed by atoms with Crippen LogP contribution >= 0.6 is 11.3 Å². The second-order valence-corrected chi connectivity index (χ2v) is 9.98. The lowest BCUT2D eigenvalue weighted by Gasteiger charge is -2.37. The Morgan fingerprint density at radius 2 is 1.96 bits per heavy atom. The standard InChI is InChI=1S/C16H19FN4O2S2/c1-15(6-7-16(2,13(18)21-15)25(3,22)23)14-20-12(9-24-14)11-5-4-10(17)8-19-11/h4-5,8-9H,6-7H2,1-3H3,(H2,18,21)/t15-,16+/m0/s1. The highest BCUT2D eigenvalue weighted by atomic mass is 32.2. The first-order valence-electron chi connectivity index (χ1n) is 7.68. The lowest BCUT2D eigenvalue weighted by molar-refractivity contribution is 0.392. The fourth-order valence-corrected chi connectivity index (χ4v) is 4.59. The molecule has 2 N–H and O–H groups in total. The van der Waals surface area contributed by atoms with Crippen molar-refractivity contribution in [3.8, 4) is 11.4 Å². The van der Waals surface area contributed by atoms with Gasteiger partial charge in [-0.2, -0.15) is 0 Å². The molecule has 1 aliphatic rings. The predicted molar refractivity (Wildman–Crippen MR) is 96.8 cm³/mol. The van der Waals surface area contributed by atoms with Gasteiger partial charge in [0.1, 0.15) is 26.9 Å². The number of aliphatic imine (C=N–C) groups is 1. The van der Waals surface area contributed by atoms with E-state index in [1.54, 1.807) is 13.0 Å². The maximum absolute atomic E-state index is 13.0. The molecule has 0 saturated carbocycles. The average molecular weight is 382 g/mol. The molecule has 2 aromatic rings. The second-order valence-electron chi connectivity index (χ2n) is 6.67. The average Bonchev–Trinajstić information content (AvgIpc) is 3.02. The van der Waals surface area contributed by atoms with Gasteiger partial charge < -0.3 is 5.73 Å². The first-order valence-corrected chi connectivity index (χ1v) is 10.5. The van der Waals surface area contributed by atoms with Gasteiger partial charge in [0.05, 0.1) is 17.6 Å². The Kier molecular flexibility index (Phi) is 4.19. The summed E-state index contributed by atoms with van der Waals surface area (Å²) in [5.74, 6) is -0.295. The van der Waals surface area contributed by atoms with E-state index in [2.05, 4.69) is 15.0 Å². The number of rotatable bonds is 3. The molecule has 0 radical (unpaired) electrons. The third-order valence-corrected chi connectivity index (χ3v) is 7.92. The molecule has 6 nitrogen and oxygen atoms in total.